The summed E-state index contributed by atoms with van der Waals surface area (Å²) in [6, 6.07) is 9.12. The molecule has 0 aliphatic rings. The highest BCUT2D eigenvalue weighted by Crippen LogP contribution is 2.12. The molecule has 0 spiro atoms. The second-order valence-corrected chi connectivity index (χ2v) is 4.94. The second-order valence-electron chi connectivity index (χ2n) is 4.56. The molecule has 6 heteroatoms. The minimum absolute atomic E-state index is 0.168. The summed E-state index contributed by atoms with van der Waals surface area (Å²) in [7, 11) is 0. The van der Waals surface area contributed by atoms with Crippen LogP contribution in [0.5, 0.6) is 5.75 Å². The van der Waals surface area contributed by atoms with Crippen molar-refractivity contribution in [2.75, 3.05) is 6.61 Å². The summed E-state index contributed by atoms with van der Waals surface area (Å²) < 4.78 is 23.2. The SMILES string of the molecule is O=C(CCCOc1ccc(F)cc1)OCc1ccc(Cl)nc1. The van der Waals surface area contributed by atoms with Crippen LogP contribution >= 0.6 is 11.6 Å². The second kappa shape index (κ2) is 8.34. The number of hydrogen-bond acceptors (Lipinski definition) is 4. The molecule has 22 heavy (non-hydrogen) atoms. The molecule has 0 saturated carbocycles. The zero-order chi connectivity index (χ0) is 15.8. The van der Waals surface area contributed by atoms with Crippen LogP contribution in [-0.2, 0) is 16.1 Å². The van der Waals surface area contributed by atoms with E-state index in [4.69, 9.17) is 21.1 Å². The number of benzene rings is 1. The van der Waals surface area contributed by atoms with Crippen molar-refractivity contribution < 1.29 is 18.7 Å². The van der Waals surface area contributed by atoms with Crippen LogP contribution in [0.1, 0.15) is 18.4 Å². The van der Waals surface area contributed by atoms with Gasteiger partial charge >= 0.3 is 5.97 Å². The zero-order valence-corrected chi connectivity index (χ0v) is 12.6. The van der Waals surface area contributed by atoms with Crippen molar-refractivity contribution in [3.8, 4) is 5.75 Å². The molecule has 0 N–H and O–H groups in total. The van der Waals surface area contributed by atoms with E-state index in [2.05, 4.69) is 4.98 Å². The molecule has 1 aromatic heterocycles. The third kappa shape index (κ3) is 5.69. The lowest BCUT2D eigenvalue weighted by atomic mass is 10.3. The summed E-state index contributed by atoms with van der Waals surface area (Å²) in [6.07, 6.45) is 2.34. The molecule has 0 unspecified atom stereocenters. The Kier molecular flexibility index (Phi) is 6.15. The van der Waals surface area contributed by atoms with Gasteiger partial charge in [-0.15, -0.1) is 0 Å². The lowest BCUT2D eigenvalue weighted by Gasteiger charge is -2.07. The molecule has 0 aliphatic carbocycles. The summed E-state index contributed by atoms with van der Waals surface area (Å²) in [4.78, 5) is 15.5. The van der Waals surface area contributed by atoms with Crippen molar-refractivity contribution in [2.45, 2.75) is 19.4 Å². The van der Waals surface area contributed by atoms with Gasteiger partial charge in [0.25, 0.3) is 0 Å². The van der Waals surface area contributed by atoms with Crippen molar-refractivity contribution >= 4 is 17.6 Å². The van der Waals surface area contributed by atoms with Gasteiger partial charge in [-0.3, -0.25) is 4.79 Å². The average molecular weight is 324 g/mol. The molecule has 1 heterocycles. The van der Waals surface area contributed by atoms with Gasteiger partial charge in [0.05, 0.1) is 6.61 Å². The summed E-state index contributed by atoms with van der Waals surface area (Å²) >= 11 is 5.66. The first-order valence-electron chi connectivity index (χ1n) is 6.78. The molecule has 2 aromatic rings. The number of ether oxygens (including phenoxy) is 2. The Bertz CT molecular complexity index is 602. The first kappa shape index (κ1) is 16.2. The number of rotatable bonds is 7. The fourth-order valence-electron chi connectivity index (χ4n) is 1.67. The van der Waals surface area contributed by atoms with Crippen molar-refractivity contribution in [2.24, 2.45) is 0 Å². The predicted octanol–water partition coefficient (Wildman–Crippen LogP) is 3.78. The molecule has 4 nitrogen and oxygen atoms in total. The molecule has 1 aromatic carbocycles. The molecular weight excluding hydrogens is 309 g/mol. The molecule has 0 saturated heterocycles. The fraction of sp³-hybridized carbons (Fsp3) is 0.250. The first-order valence-corrected chi connectivity index (χ1v) is 7.16. The Morgan fingerprint density at radius 2 is 1.95 bits per heavy atom. The number of pyridine rings is 1. The van der Waals surface area contributed by atoms with Crippen molar-refractivity contribution in [3.05, 3.63) is 59.1 Å². The Morgan fingerprint density at radius 1 is 1.18 bits per heavy atom. The smallest absolute Gasteiger partial charge is 0.306 e. The minimum atomic E-state index is -0.312. The maximum absolute atomic E-state index is 12.7. The van der Waals surface area contributed by atoms with Gasteiger partial charge in [-0.05, 0) is 36.8 Å². The van der Waals surface area contributed by atoms with Gasteiger partial charge < -0.3 is 9.47 Å². The van der Waals surface area contributed by atoms with Gasteiger partial charge in [0.1, 0.15) is 23.3 Å². The zero-order valence-electron chi connectivity index (χ0n) is 11.8. The fourth-order valence-corrected chi connectivity index (χ4v) is 1.78. The third-order valence-electron chi connectivity index (χ3n) is 2.80. The Hall–Kier alpha value is -2.14. The van der Waals surface area contributed by atoms with Gasteiger partial charge in [-0.2, -0.15) is 0 Å². The highest BCUT2D eigenvalue weighted by Gasteiger charge is 2.04. The maximum Gasteiger partial charge on any atom is 0.306 e. The summed E-state index contributed by atoms with van der Waals surface area (Å²) in [5.74, 6) is -0.0488. The van der Waals surface area contributed by atoms with Crippen LogP contribution in [0.25, 0.3) is 0 Å². The molecule has 0 fully saturated rings. The van der Waals surface area contributed by atoms with Crippen LogP contribution in [0, 0.1) is 5.82 Å². The monoisotopic (exact) mass is 323 g/mol. The van der Waals surface area contributed by atoms with Crippen LogP contribution in [0.4, 0.5) is 4.39 Å². The first-order chi connectivity index (χ1) is 10.6. The van der Waals surface area contributed by atoms with Gasteiger partial charge in [0.15, 0.2) is 0 Å². The van der Waals surface area contributed by atoms with E-state index in [1.54, 1.807) is 30.5 Å². The third-order valence-corrected chi connectivity index (χ3v) is 3.02. The van der Waals surface area contributed by atoms with Crippen molar-refractivity contribution in [1.82, 2.24) is 4.98 Å². The molecule has 116 valence electrons. The number of carbonyl (C=O) groups is 1. The molecule has 0 radical (unpaired) electrons. The van der Waals surface area contributed by atoms with Crippen LogP contribution in [-0.4, -0.2) is 17.6 Å². The Balaban J connectivity index is 1.61. The van der Waals surface area contributed by atoms with E-state index in [1.165, 1.54) is 12.1 Å². The van der Waals surface area contributed by atoms with E-state index in [9.17, 15) is 9.18 Å². The molecule has 2 rings (SSSR count). The molecule has 0 atom stereocenters. The Morgan fingerprint density at radius 3 is 2.64 bits per heavy atom. The van der Waals surface area contributed by atoms with E-state index in [-0.39, 0.29) is 24.8 Å². The van der Waals surface area contributed by atoms with Gasteiger partial charge in [0, 0.05) is 18.2 Å². The molecule has 0 bridgehead atoms. The van der Waals surface area contributed by atoms with E-state index >= 15 is 0 Å². The van der Waals surface area contributed by atoms with Gasteiger partial charge in [-0.1, -0.05) is 17.7 Å². The van der Waals surface area contributed by atoms with Crippen LogP contribution in [0.2, 0.25) is 5.15 Å². The van der Waals surface area contributed by atoms with Crippen molar-refractivity contribution in [3.63, 3.8) is 0 Å². The van der Waals surface area contributed by atoms with E-state index < -0.39 is 0 Å². The standard InChI is InChI=1S/C16H15ClFNO3/c17-15-8-3-12(10-19-15)11-22-16(20)2-1-9-21-14-6-4-13(18)5-7-14/h3-8,10H,1-2,9,11H2. The van der Waals surface area contributed by atoms with Gasteiger partial charge in [-0.25, -0.2) is 9.37 Å². The number of aromatic nitrogens is 1. The maximum atomic E-state index is 12.7. The lowest BCUT2D eigenvalue weighted by molar-refractivity contribution is -0.145. The summed E-state index contributed by atoms with van der Waals surface area (Å²) in [5, 5.41) is 0.396. The largest absolute Gasteiger partial charge is 0.494 e. The summed E-state index contributed by atoms with van der Waals surface area (Å²) in [6.45, 7) is 0.533. The summed E-state index contributed by atoms with van der Waals surface area (Å²) in [5.41, 5.74) is 0.778. The number of esters is 1. The van der Waals surface area contributed by atoms with Crippen LogP contribution in [0.15, 0.2) is 42.6 Å². The topological polar surface area (TPSA) is 48.4 Å². The quantitative estimate of drug-likeness (QED) is 0.442. The van der Waals surface area contributed by atoms with Crippen LogP contribution < -0.4 is 4.74 Å². The number of halogens is 2. The average Bonchev–Trinajstić information content (AvgIpc) is 2.53. The highest BCUT2D eigenvalue weighted by molar-refractivity contribution is 6.29. The Labute approximate surface area is 132 Å². The molecule has 0 amide bonds. The van der Waals surface area contributed by atoms with E-state index in [1.807, 2.05) is 0 Å². The lowest BCUT2D eigenvalue weighted by Crippen LogP contribution is -2.07. The number of hydrogen-bond donors (Lipinski definition) is 0. The molecular formula is C16H15ClFNO3. The minimum Gasteiger partial charge on any atom is -0.494 e. The normalized spacial score (nSPS) is 10.3. The number of nitrogens with zero attached hydrogens (tertiary/aromatic N) is 1. The van der Waals surface area contributed by atoms with E-state index in [0.717, 1.165) is 5.56 Å². The van der Waals surface area contributed by atoms with Crippen LogP contribution in [0.3, 0.4) is 0 Å². The highest BCUT2D eigenvalue weighted by atomic mass is 35.5. The van der Waals surface area contributed by atoms with Crippen molar-refractivity contribution in [1.29, 1.82) is 0 Å². The van der Waals surface area contributed by atoms with E-state index in [0.29, 0.717) is 23.9 Å². The predicted molar refractivity (Wildman–Crippen MR) is 80.2 cm³/mol. The number of carbonyl (C=O) groups excluding carboxylic acids is 1. The molecule has 0 aliphatic heterocycles. The van der Waals surface area contributed by atoms with Gasteiger partial charge in [0.2, 0.25) is 0 Å².